The Morgan fingerprint density at radius 1 is 1.47 bits per heavy atom. The fourth-order valence-corrected chi connectivity index (χ4v) is 2.72. The summed E-state index contributed by atoms with van der Waals surface area (Å²) in [5.41, 5.74) is 0. The van der Waals surface area contributed by atoms with Gasteiger partial charge in [-0.2, -0.15) is 5.10 Å². The lowest BCUT2D eigenvalue weighted by atomic mass is 10.0. The average molecular weight is 266 g/mol. The molecule has 0 radical (unpaired) electrons. The van der Waals surface area contributed by atoms with Gasteiger partial charge in [-0.3, -0.25) is 0 Å². The van der Waals surface area contributed by atoms with Gasteiger partial charge < -0.3 is 10.1 Å². The minimum atomic E-state index is 0.289. The molecular weight excluding hydrogens is 240 g/mol. The summed E-state index contributed by atoms with van der Waals surface area (Å²) < 4.78 is 7.72. The summed E-state index contributed by atoms with van der Waals surface area (Å²) >= 11 is 0. The predicted octanol–water partition coefficient (Wildman–Crippen LogP) is 1.80. The average Bonchev–Trinajstić information content (AvgIpc) is 3.09. The SMILES string of the molecule is CCNC(Cc1ncnn1C(C)C)C(OC)C1CC1. The Kier molecular flexibility index (Phi) is 4.93. The van der Waals surface area contributed by atoms with E-state index in [9.17, 15) is 0 Å². The number of hydrogen-bond donors (Lipinski definition) is 1. The molecule has 1 aromatic rings. The van der Waals surface area contributed by atoms with Gasteiger partial charge in [0.05, 0.1) is 6.10 Å². The van der Waals surface area contributed by atoms with Crippen LogP contribution in [-0.4, -0.2) is 40.6 Å². The van der Waals surface area contributed by atoms with Crippen LogP contribution < -0.4 is 5.32 Å². The first-order valence-corrected chi connectivity index (χ1v) is 7.31. The van der Waals surface area contributed by atoms with Crippen LogP contribution in [0.1, 0.15) is 45.5 Å². The van der Waals surface area contributed by atoms with Crippen molar-refractivity contribution in [3.05, 3.63) is 12.2 Å². The molecule has 0 aromatic carbocycles. The van der Waals surface area contributed by atoms with E-state index in [0.717, 1.165) is 18.8 Å². The summed E-state index contributed by atoms with van der Waals surface area (Å²) in [6.07, 6.45) is 5.39. The van der Waals surface area contributed by atoms with Gasteiger partial charge in [0.25, 0.3) is 0 Å². The standard InChI is InChI=1S/C14H26N4O/c1-5-15-12(14(19-4)11-6-7-11)8-13-16-9-17-18(13)10(2)3/h9-12,14-15H,5-8H2,1-4H3. The maximum atomic E-state index is 5.72. The molecule has 1 aliphatic carbocycles. The largest absolute Gasteiger partial charge is 0.380 e. The highest BCUT2D eigenvalue weighted by Crippen LogP contribution is 2.36. The molecule has 0 aliphatic heterocycles. The molecule has 1 aromatic heterocycles. The van der Waals surface area contributed by atoms with Crippen molar-refractivity contribution in [1.82, 2.24) is 20.1 Å². The molecule has 1 heterocycles. The van der Waals surface area contributed by atoms with Crippen LogP contribution in [0.2, 0.25) is 0 Å². The Labute approximate surface area is 115 Å². The molecule has 1 aliphatic rings. The number of rotatable bonds is 8. The molecule has 2 unspecified atom stereocenters. The summed E-state index contributed by atoms with van der Waals surface area (Å²) in [5.74, 6) is 1.76. The summed E-state index contributed by atoms with van der Waals surface area (Å²) in [4.78, 5) is 4.41. The van der Waals surface area contributed by atoms with E-state index < -0.39 is 0 Å². The number of hydrogen-bond acceptors (Lipinski definition) is 4. The van der Waals surface area contributed by atoms with Gasteiger partial charge in [0.2, 0.25) is 0 Å². The highest BCUT2D eigenvalue weighted by molar-refractivity contribution is 4.98. The molecule has 5 heteroatoms. The van der Waals surface area contributed by atoms with E-state index >= 15 is 0 Å². The third-order valence-electron chi connectivity index (χ3n) is 3.76. The monoisotopic (exact) mass is 266 g/mol. The molecule has 0 saturated heterocycles. The fraction of sp³-hybridized carbons (Fsp3) is 0.857. The maximum absolute atomic E-state index is 5.72. The second-order valence-electron chi connectivity index (χ2n) is 5.62. The van der Waals surface area contributed by atoms with Gasteiger partial charge in [0.15, 0.2) is 0 Å². The van der Waals surface area contributed by atoms with Gasteiger partial charge in [-0.05, 0) is 39.2 Å². The van der Waals surface area contributed by atoms with Crippen molar-refractivity contribution in [2.75, 3.05) is 13.7 Å². The zero-order chi connectivity index (χ0) is 13.8. The molecular formula is C14H26N4O. The number of aromatic nitrogens is 3. The Hall–Kier alpha value is -0.940. The van der Waals surface area contributed by atoms with E-state index in [4.69, 9.17) is 4.74 Å². The predicted molar refractivity (Wildman–Crippen MR) is 75.1 cm³/mol. The third kappa shape index (κ3) is 3.54. The fourth-order valence-electron chi connectivity index (χ4n) is 2.72. The summed E-state index contributed by atoms with van der Waals surface area (Å²) in [6.45, 7) is 7.36. The Morgan fingerprint density at radius 2 is 2.21 bits per heavy atom. The summed E-state index contributed by atoms with van der Waals surface area (Å²) in [6, 6.07) is 0.672. The first-order valence-electron chi connectivity index (χ1n) is 7.31. The van der Waals surface area contributed by atoms with Crippen LogP contribution >= 0.6 is 0 Å². The Morgan fingerprint density at radius 3 is 2.74 bits per heavy atom. The molecule has 108 valence electrons. The van der Waals surface area contributed by atoms with Crippen molar-refractivity contribution >= 4 is 0 Å². The van der Waals surface area contributed by atoms with Gasteiger partial charge in [0.1, 0.15) is 12.2 Å². The van der Waals surface area contributed by atoms with Crippen LogP contribution in [0.4, 0.5) is 0 Å². The number of likely N-dealkylation sites (N-methyl/N-ethyl adjacent to an activating group) is 1. The Bertz CT molecular complexity index is 387. The number of nitrogens with zero attached hydrogens (tertiary/aromatic N) is 3. The molecule has 0 spiro atoms. The molecule has 0 amide bonds. The number of methoxy groups -OCH3 is 1. The first kappa shape index (κ1) is 14.5. The van der Waals surface area contributed by atoms with Crippen molar-refractivity contribution < 1.29 is 4.74 Å². The normalized spacial score (nSPS) is 18.8. The van der Waals surface area contributed by atoms with E-state index in [1.165, 1.54) is 12.8 Å². The van der Waals surface area contributed by atoms with E-state index in [2.05, 4.69) is 36.2 Å². The van der Waals surface area contributed by atoms with Gasteiger partial charge in [0, 0.05) is 25.6 Å². The van der Waals surface area contributed by atoms with Crippen LogP contribution in [0.15, 0.2) is 6.33 Å². The second kappa shape index (κ2) is 6.48. The summed E-state index contributed by atoms with van der Waals surface area (Å²) in [5, 5.41) is 7.86. The van der Waals surface area contributed by atoms with E-state index in [1.54, 1.807) is 6.33 Å². The zero-order valence-corrected chi connectivity index (χ0v) is 12.5. The molecule has 0 bridgehead atoms. The van der Waals surface area contributed by atoms with Gasteiger partial charge in [-0.1, -0.05) is 6.92 Å². The highest BCUT2D eigenvalue weighted by Gasteiger charge is 2.37. The van der Waals surface area contributed by atoms with Crippen LogP contribution in [0.25, 0.3) is 0 Å². The molecule has 2 rings (SSSR count). The van der Waals surface area contributed by atoms with Crippen molar-refractivity contribution in [2.45, 2.75) is 58.2 Å². The van der Waals surface area contributed by atoms with Gasteiger partial charge in [-0.15, -0.1) is 0 Å². The van der Waals surface area contributed by atoms with E-state index in [-0.39, 0.29) is 6.10 Å². The molecule has 1 fully saturated rings. The van der Waals surface area contributed by atoms with Crippen LogP contribution in [0, 0.1) is 5.92 Å². The van der Waals surface area contributed by atoms with Crippen molar-refractivity contribution in [1.29, 1.82) is 0 Å². The number of ether oxygens (including phenoxy) is 1. The molecule has 19 heavy (non-hydrogen) atoms. The van der Waals surface area contributed by atoms with Crippen molar-refractivity contribution in [3.63, 3.8) is 0 Å². The molecule has 1 saturated carbocycles. The first-order chi connectivity index (χ1) is 9.17. The minimum absolute atomic E-state index is 0.289. The molecule has 5 nitrogen and oxygen atoms in total. The van der Waals surface area contributed by atoms with Gasteiger partial charge >= 0.3 is 0 Å². The lowest BCUT2D eigenvalue weighted by molar-refractivity contribution is 0.0506. The van der Waals surface area contributed by atoms with Crippen LogP contribution in [-0.2, 0) is 11.2 Å². The maximum Gasteiger partial charge on any atom is 0.138 e. The van der Waals surface area contributed by atoms with Gasteiger partial charge in [-0.25, -0.2) is 9.67 Å². The second-order valence-corrected chi connectivity index (χ2v) is 5.62. The highest BCUT2D eigenvalue weighted by atomic mass is 16.5. The number of nitrogens with one attached hydrogen (secondary N) is 1. The van der Waals surface area contributed by atoms with E-state index in [1.807, 2.05) is 11.8 Å². The van der Waals surface area contributed by atoms with Crippen LogP contribution in [0.5, 0.6) is 0 Å². The van der Waals surface area contributed by atoms with Crippen LogP contribution in [0.3, 0.4) is 0 Å². The smallest absolute Gasteiger partial charge is 0.138 e. The summed E-state index contributed by atoms with van der Waals surface area (Å²) in [7, 11) is 1.82. The lowest BCUT2D eigenvalue weighted by Gasteiger charge is -2.27. The quantitative estimate of drug-likeness (QED) is 0.779. The Balaban J connectivity index is 2.08. The molecule has 2 atom stereocenters. The van der Waals surface area contributed by atoms with E-state index in [0.29, 0.717) is 18.0 Å². The molecule has 1 N–H and O–H groups in total. The zero-order valence-electron chi connectivity index (χ0n) is 12.5. The minimum Gasteiger partial charge on any atom is -0.380 e. The topological polar surface area (TPSA) is 52.0 Å². The lowest BCUT2D eigenvalue weighted by Crippen LogP contribution is -2.44. The van der Waals surface area contributed by atoms with Crippen molar-refractivity contribution in [2.24, 2.45) is 5.92 Å². The third-order valence-corrected chi connectivity index (χ3v) is 3.76. The van der Waals surface area contributed by atoms with Crippen molar-refractivity contribution in [3.8, 4) is 0 Å².